The fourth-order valence-corrected chi connectivity index (χ4v) is 2.35. The van der Waals surface area contributed by atoms with Crippen LogP contribution in [-0.4, -0.2) is 70.3 Å². The lowest BCUT2D eigenvalue weighted by atomic mass is 10.2. The third kappa shape index (κ3) is 3.18. The zero-order valence-electron chi connectivity index (χ0n) is 11.0. The molecule has 1 amide bonds. The lowest BCUT2D eigenvalue weighted by Crippen LogP contribution is -2.42. The predicted octanol–water partition coefficient (Wildman–Crippen LogP) is -1.09. The maximum Gasteiger partial charge on any atom is 0.274 e. The van der Waals surface area contributed by atoms with Crippen molar-refractivity contribution in [3.63, 3.8) is 0 Å². The Labute approximate surface area is 110 Å². The first-order valence-corrected chi connectivity index (χ1v) is 6.17. The van der Waals surface area contributed by atoms with Crippen LogP contribution in [0.15, 0.2) is 16.9 Å². The van der Waals surface area contributed by atoms with Gasteiger partial charge in [-0.1, -0.05) is 0 Å². The van der Waals surface area contributed by atoms with Crippen LogP contribution in [0.2, 0.25) is 0 Å². The molecule has 19 heavy (non-hydrogen) atoms. The van der Waals surface area contributed by atoms with Crippen LogP contribution in [0.1, 0.15) is 16.9 Å². The zero-order valence-corrected chi connectivity index (χ0v) is 11.0. The number of carbonyl (C=O) groups is 1. The van der Waals surface area contributed by atoms with E-state index in [1.54, 1.807) is 4.90 Å². The van der Waals surface area contributed by atoms with Crippen LogP contribution in [0.3, 0.4) is 0 Å². The minimum atomic E-state index is -0.503. The number of aromatic amines is 1. The highest BCUT2D eigenvalue weighted by molar-refractivity contribution is 5.92. The summed E-state index contributed by atoms with van der Waals surface area (Å²) in [4.78, 5) is 26.8. The topological polar surface area (TPSA) is 89.5 Å². The van der Waals surface area contributed by atoms with Crippen molar-refractivity contribution >= 4 is 5.91 Å². The molecule has 1 aliphatic heterocycles. The van der Waals surface area contributed by atoms with Gasteiger partial charge in [-0.15, -0.1) is 0 Å². The molecule has 2 unspecified atom stereocenters. The van der Waals surface area contributed by atoms with Gasteiger partial charge in [0.25, 0.3) is 11.5 Å². The second kappa shape index (κ2) is 5.50. The zero-order chi connectivity index (χ0) is 14.0. The molecular weight excluding hydrogens is 248 g/mol. The second-order valence-corrected chi connectivity index (χ2v) is 5.07. The Bertz CT molecular complexity index is 493. The molecule has 0 radical (unpaired) electrons. The van der Waals surface area contributed by atoms with Gasteiger partial charge in [0.2, 0.25) is 0 Å². The van der Waals surface area contributed by atoms with E-state index in [2.05, 4.69) is 10.2 Å². The number of aromatic nitrogens is 2. The maximum atomic E-state index is 12.3. The molecule has 7 heteroatoms. The van der Waals surface area contributed by atoms with E-state index < -0.39 is 6.10 Å². The molecule has 1 fully saturated rings. The summed E-state index contributed by atoms with van der Waals surface area (Å²) in [6.07, 6.45) is 0.0597. The summed E-state index contributed by atoms with van der Waals surface area (Å²) in [5.74, 6) is -0.264. The molecule has 7 nitrogen and oxygen atoms in total. The Hall–Kier alpha value is -1.73. The highest BCUT2D eigenvalue weighted by atomic mass is 16.3. The number of nitrogens with one attached hydrogen (secondary N) is 1. The standard InChI is InChI=1S/C12H18N4O3/c1-15(2)6-8-5-9(17)7-16(8)12(19)10-3-4-11(18)14-13-10/h3-4,8-9,17H,5-7H2,1-2H3,(H,14,18). The monoisotopic (exact) mass is 266 g/mol. The molecule has 2 heterocycles. The molecule has 0 bridgehead atoms. The van der Waals surface area contributed by atoms with E-state index >= 15 is 0 Å². The smallest absolute Gasteiger partial charge is 0.274 e. The molecule has 1 aliphatic rings. The first kappa shape index (κ1) is 13.7. The first-order valence-electron chi connectivity index (χ1n) is 6.17. The largest absolute Gasteiger partial charge is 0.391 e. The number of aliphatic hydroxyl groups is 1. The molecular formula is C12H18N4O3. The average molecular weight is 266 g/mol. The van der Waals surface area contributed by atoms with Crippen molar-refractivity contribution < 1.29 is 9.90 Å². The van der Waals surface area contributed by atoms with E-state index in [1.165, 1.54) is 12.1 Å². The molecule has 0 aliphatic carbocycles. The Morgan fingerprint density at radius 1 is 1.58 bits per heavy atom. The van der Waals surface area contributed by atoms with Crippen LogP contribution in [0.5, 0.6) is 0 Å². The van der Waals surface area contributed by atoms with Gasteiger partial charge in [-0.05, 0) is 26.6 Å². The molecule has 2 N–H and O–H groups in total. The van der Waals surface area contributed by atoms with Gasteiger partial charge in [-0.3, -0.25) is 9.59 Å². The Kier molecular flexibility index (Phi) is 3.96. The van der Waals surface area contributed by atoms with Crippen LogP contribution < -0.4 is 5.56 Å². The highest BCUT2D eigenvalue weighted by Crippen LogP contribution is 2.20. The summed E-state index contributed by atoms with van der Waals surface area (Å²) < 4.78 is 0. The first-order chi connectivity index (χ1) is 8.97. The summed E-state index contributed by atoms with van der Waals surface area (Å²) in [6, 6.07) is 2.64. The fraction of sp³-hybridized carbons (Fsp3) is 0.583. The van der Waals surface area contributed by atoms with Gasteiger partial charge >= 0.3 is 0 Å². The van der Waals surface area contributed by atoms with Gasteiger partial charge in [-0.25, -0.2) is 5.10 Å². The number of amides is 1. The van der Waals surface area contributed by atoms with Crippen molar-refractivity contribution in [1.82, 2.24) is 20.0 Å². The summed E-state index contributed by atoms with van der Waals surface area (Å²) >= 11 is 0. The van der Waals surface area contributed by atoms with E-state index in [-0.39, 0.29) is 23.2 Å². The lowest BCUT2D eigenvalue weighted by Gasteiger charge is -2.26. The summed E-state index contributed by atoms with van der Waals surface area (Å²) in [6.45, 7) is 0.990. The van der Waals surface area contributed by atoms with Crippen LogP contribution in [0.25, 0.3) is 0 Å². The molecule has 1 aromatic rings. The fourth-order valence-electron chi connectivity index (χ4n) is 2.35. The number of hydrogen-bond donors (Lipinski definition) is 2. The molecule has 2 rings (SSSR count). The van der Waals surface area contributed by atoms with Crippen molar-refractivity contribution in [2.24, 2.45) is 0 Å². The number of likely N-dealkylation sites (tertiary alicyclic amines) is 1. The highest BCUT2D eigenvalue weighted by Gasteiger charge is 2.35. The maximum absolute atomic E-state index is 12.3. The molecule has 1 saturated heterocycles. The summed E-state index contributed by atoms with van der Waals surface area (Å²) in [5.41, 5.74) is -0.152. The SMILES string of the molecule is CN(C)CC1CC(O)CN1C(=O)c1ccc(=O)[nH]n1. The van der Waals surface area contributed by atoms with Crippen molar-refractivity contribution in [3.05, 3.63) is 28.2 Å². The number of H-pyrrole nitrogens is 1. The number of likely N-dealkylation sites (N-methyl/N-ethyl adjacent to an activating group) is 1. The predicted molar refractivity (Wildman–Crippen MR) is 68.9 cm³/mol. The summed E-state index contributed by atoms with van der Waals surface area (Å²) in [5, 5.41) is 15.7. The van der Waals surface area contributed by atoms with Crippen LogP contribution in [0, 0.1) is 0 Å². The van der Waals surface area contributed by atoms with Gasteiger partial charge in [0.15, 0.2) is 0 Å². The summed E-state index contributed by atoms with van der Waals surface area (Å²) in [7, 11) is 3.84. The minimum absolute atomic E-state index is 0.0359. The Morgan fingerprint density at radius 2 is 2.32 bits per heavy atom. The van der Waals surface area contributed by atoms with Crippen molar-refractivity contribution in [2.45, 2.75) is 18.6 Å². The van der Waals surface area contributed by atoms with Gasteiger partial charge in [0.1, 0.15) is 5.69 Å². The normalized spacial score (nSPS) is 23.1. The van der Waals surface area contributed by atoms with Crippen molar-refractivity contribution in [3.8, 4) is 0 Å². The van der Waals surface area contributed by atoms with E-state index in [4.69, 9.17) is 0 Å². The number of carbonyl (C=O) groups excluding carboxylic acids is 1. The third-order valence-corrected chi connectivity index (χ3v) is 3.13. The molecule has 1 aromatic heterocycles. The average Bonchev–Trinajstić information content (AvgIpc) is 2.69. The number of aliphatic hydroxyl groups excluding tert-OH is 1. The second-order valence-electron chi connectivity index (χ2n) is 5.07. The van der Waals surface area contributed by atoms with Crippen molar-refractivity contribution in [1.29, 1.82) is 0 Å². The Balaban J connectivity index is 2.16. The lowest BCUT2D eigenvalue weighted by molar-refractivity contribution is 0.0692. The van der Waals surface area contributed by atoms with Gasteiger partial charge < -0.3 is 14.9 Å². The van der Waals surface area contributed by atoms with E-state index in [9.17, 15) is 14.7 Å². The van der Waals surface area contributed by atoms with Crippen LogP contribution in [-0.2, 0) is 0 Å². The number of rotatable bonds is 3. The van der Waals surface area contributed by atoms with Gasteiger partial charge in [0, 0.05) is 25.2 Å². The molecule has 104 valence electrons. The van der Waals surface area contributed by atoms with E-state index in [0.717, 1.165) is 0 Å². The molecule has 0 aromatic carbocycles. The van der Waals surface area contributed by atoms with E-state index in [1.807, 2.05) is 19.0 Å². The van der Waals surface area contributed by atoms with Crippen LogP contribution in [0.4, 0.5) is 0 Å². The minimum Gasteiger partial charge on any atom is -0.391 e. The third-order valence-electron chi connectivity index (χ3n) is 3.13. The van der Waals surface area contributed by atoms with Crippen molar-refractivity contribution in [2.75, 3.05) is 27.2 Å². The van der Waals surface area contributed by atoms with E-state index in [0.29, 0.717) is 19.5 Å². The van der Waals surface area contributed by atoms with Gasteiger partial charge in [0.05, 0.1) is 6.10 Å². The molecule has 0 spiro atoms. The van der Waals surface area contributed by atoms with Gasteiger partial charge in [-0.2, -0.15) is 5.10 Å². The molecule has 0 saturated carbocycles. The van der Waals surface area contributed by atoms with Crippen LogP contribution >= 0.6 is 0 Å². The quantitative estimate of drug-likeness (QED) is 0.725. The number of β-amino-alcohol motifs (C(OH)–C–C–N with tert-alkyl or cyclic N) is 1. The molecule has 2 atom stereocenters. The Morgan fingerprint density at radius 3 is 2.89 bits per heavy atom. The number of hydrogen-bond acceptors (Lipinski definition) is 5. The number of nitrogens with zero attached hydrogens (tertiary/aromatic N) is 3.